The van der Waals surface area contributed by atoms with Gasteiger partial charge in [-0.2, -0.15) is 5.10 Å². The van der Waals surface area contributed by atoms with Crippen LogP contribution in [0.1, 0.15) is 21.6 Å². The Morgan fingerprint density at radius 3 is 2.40 bits per heavy atom. The maximum absolute atomic E-state index is 13.7. The number of nitrogens with zero attached hydrogens (tertiary/aromatic N) is 5. The van der Waals surface area contributed by atoms with Crippen LogP contribution in [0.5, 0.6) is 5.75 Å². The molecule has 7 nitrogen and oxygen atoms in total. The summed E-state index contributed by atoms with van der Waals surface area (Å²) in [5.41, 5.74) is 5.34. The molecule has 5 rings (SSSR count). The van der Waals surface area contributed by atoms with Crippen molar-refractivity contribution in [3.8, 4) is 17.0 Å². The minimum atomic E-state index is 0.0560. The van der Waals surface area contributed by atoms with Crippen molar-refractivity contribution in [2.75, 3.05) is 39.8 Å². The van der Waals surface area contributed by atoms with Gasteiger partial charge in [-0.3, -0.25) is 14.4 Å². The summed E-state index contributed by atoms with van der Waals surface area (Å²) in [5, 5.41) is 5.40. The minimum Gasteiger partial charge on any atom is -0.497 e. The molecule has 3 heterocycles. The molecule has 7 heteroatoms. The molecule has 1 amide bonds. The second-order valence-corrected chi connectivity index (χ2v) is 9.06. The standard InChI is InChI=1S/C28H31N5O2/c1-20-26-24(19-25(22-7-5-4-6-8-22)29-27(26)31(2)30-20)28(34)33-17-15-32(16-18-33)14-13-21-9-11-23(35-3)12-10-21/h4-12,19H,13-18H2,1-3H3. The third-order valence-corrected chi connectivity index (χ3v) is 6.80. The summed E-state index contributed by atoms with van der Waals surface area (Å²) in [5.74, 6) is 0.936. The monoisotopic (exact) mass is 469 g/mol. The number of carbonyl (C=O) groups excluding carboxylic acids is 1. The quantitative estimate of drug-likeness (QED) is 0.428. The van der Waals surface area contributed by atoms with Gasteiger partial charge in [0, 0.05) is 45.3 Å². The highest BCUT2D eigenvalue weighted by Gasteiger charge is 2.26. The molecule has 0 atom stereocenters. The lowest BCUT2D eigenvalue weighted by Gasteiger charge is -2.35. The van der Waals surface area contributed by atoms with Gasteiger partial charge in [0.25, 0.3) is 5.91 Å². The number of aryl methyl sites for hydroxylation is 2. The van der Waals surface area contributed by atoms with Gasteiger partial charge in [-0.25, -0.2) is 4.98 Å². The second kappa shape index (κ2) is 9.88. The fraction of sp³-hybridized carbons (Fsp3) is 0.321. The van der Waals surface area contributed by atoms with Crippen LogP contribution >= 0.6 is 0 Å². The number of ether oxygens (including phenoxy) is 1. The molecule has 0 unspecified atom stereocenters. The molecule has 35 heavy (non-hydrogen) atoms. The van der Waals surface area contributed by atoms with Crippen LogP contribution in [-0.4, -0.2) is 70.3 Å². The summed E-state index contributed by atoms with van der Waals surface area (Å²) in [4.78, 5) is 23.0. The van der Waals surface area contributed by atoms with Gasteiger partial charge in [-0.05, 0) is 37.1 Å². The molecule has 0 aliphatic carbocycles. The summed E-state index contributed by atoms with van der Waals surface area (Å²) in [6, 6.07) is 20.2. The van der Waals surface area contributed by atoms with E-state index in [0.717, 1.165) is 59.8 Å². The molecule has 2 aromatic carbocycles. The third-order valence-electron chi connectivity index (χ3n) is 6.80. The van der Waals surface area contributed by atoms with Crippen LogP contribution in [-0.2, 0) is 13.5 Å². The highest BCUT2D eigenvalue weighted by atomic mass is 16.5. The topological polar surface area (TPSA) is 63.5 Å². The normalized spacial score (nSPS) is 14.4. The van der Waals surface area contributed by atoms with Crippen LogP contribution in [0.3, 0.4) is 0 Å². The van der Waals surface area contributed by atoms with E-state index >= 15 is 0 Å². The number of hydrogen-bond acceptors (Lipinski definition) is 5. The van der Waals surface area contributed by atoms with E-state index in [1.807, 2.05) is 67.4 Å². The van der Waals surface area contributed by atoms with Crippen molar-refractivity contribution < 1.29 is 9.53 Å². The molecule has 0 saturated carbocycles. The van der Waals surface area contributed by atoms with Crippen molar-refractivity contribution in [3.63, 3.8) is 0 Å². The van der Waals surface area contributed by atoms with Crippen LogP contribution in [0.25, 0.3) is 22.3 Å². The molecule has 4 aromatic rings. The first-order valence-corrected chi connectivity index (χ1v) is 12.1. The molecule has 0 bridgehead atoms. The van der Waals surface area contributed by atoms with Crippen LogP contribution < -0.4 is 4.74 Å². The number of aromatic nitrogens is 3. The first kappa shape index (κ1) is 23.1. The molecular formula is C28H31N5O2. The number of pyridine rings is 1. The van der Waals surface area contributed by atoms with Crippen LogP contribution in [0.15, 0.2) is 60.7 Å². The van der Waals surface area contributed by atoms with Gasteiger partial charge in [0.15, 0.2) is 5.65 Å². The van der Waals surface area contributed by atoms with Gasteiger partial charge in [0.05, 0.1) is 29.4 Å². The van der Waals surface area contributed by atoms with E-state index in [1.165, 1.54) is 5.56 Å². The van der Waals surface area contributed by atoms with E-state index in [4.69, 9.17) is 9.72 Å². The van der Waals surface area contributed by atoms with Gasteiger partial charge < -0.3 is 9.64 Å². The fourth-order valence-electron chi connectivity index (χ4n) is 4.79. The number of piperazine rings is 1. The molecule has 0 spiro atoms. The minimum absolute atomic E-state index is 0.0560. The smallest absolute Gasteiger partial charge is 0.254 e. The first-order valence-electron chi connectivity index (χ1n) is 12.1. The average molecular weight is 470 g/mol. The van der Waals surface area contributed by atoms with Crippen molar-refractivity contribution in [2.45, 2.75) is 13.3 Å². The largest absolute Gasteiger partial charge is 0.497 e. The molecule has 1 saturated heterocycles. The van der Waals surface area contributed by atoms with E-state index in [0.29, 0.717) is 18.7 Å². The van der Waals surface area contributed by atoms with Gasteiger partial charge in [0.2, 0.25) is 0 Å². The van der Waals surface area contributed by atoms with Crippen molar-refractivity contribution in [1.29, 1.82) is 0 Å². The summed E-state index contributed by atoms with van der Waals surface area (Å²) < 4.78 is 7.01. The summed E-state index contributed by atoms with van der Waals surface area (Å²) in [6.07, 6.45) is 0.984. The molecule has 1 fully saturated rings. The van der Waals surface area contributed by atoms with Crippen LogP contribution in [0.4, 0.5) is 0 Å². The lowest BCUT2D eigenvalue weighted by molar-refractivity contribution is 0.0640. The number of benzene rings is 2. The van der Waals surface area contributed by atoms with Gasteiger partial charge in [-0.15, -0.1) is 0 Å². The molecule has 0 N–H and O–H groups in total. The Kier molecular flexibility index (Phi) is 6.51. The molecule has 1 aliphatic rings. The van der Waals surface area contributed by atoms with E-state index in [9.17, 15) is 4.79 Å². The number of carbonyl (C=O) groups is 1. The zero-order chi connectivity index (χ0) is 24.4. The number of methoxy groups -OCH3 is 1. The maximum atomic E-state index is 13.7. The predicted octanol–water partition coefficient (Wildman–Crippen LogP) is 3.95. The average Bonchev–Trinajstić information content (AvgIpc) is 3.20. The second-order valence-electron chi connectivity index (χ2n) is 9.06. The van der Waals surface area contributed by atoms with Crippen molar-refractivity contribution >= 4 is 16.9 Å². The summed E-state index contributed by atoms with van der Waals surface area (Å²) in [7, 11) is 3.57. The third kappa shape index (κ3) is 4.77. The molecule has 0 radical (unpaired) electrons. The Hall–Kier alpha value is -3.71. The van der Waals surface area contributed by atoms with Crippen LogP contribution in [0.2, 0.25) is 0 Å². The van der Waals surface area contributed by atoms with E-state index in [2.05, 4.69) is 22.1 Å². The fourth-order valence-corrected chi connectivity index (χ4v) is 4.79. The van der Waals surface area contributed by atoms with E-state index < -0.39 is 0 Å². The van der Waals surface area contributed by atoms with Gasteiger partial charge in [-0.1, -0.05) is 42.5 Å². The zero-order valence-electron chi connectivity index (χ0n) is 20.6. The van der Waals surface area contributed by atoms with Gasteiger partial charge in [0.1, 0.15) is 5.75 Å². The van der Waals surface area contributed by atoms with E-state index in [1.54, 1.807) is 11.8 Å². The number of hydrogen-bond donors (Lipinski definition) is 0. The summed E-state index contributed by atoms with van der Waals surface area (Å²) >= 11 is 0. The zero-order valence-corrected chi connectivity index (χ0v) is 20.6. The van der Waals surface area contributed by atoms with Crippen molar-refractivity contribution in [2.24, 2.45) is 7.05 Å². The van der Waals surface area contributed by atoms with Crippen LogP contribution in [0, 0.1) is 6.92 Å². The highest BCUT2D eigenvalue weighted by Crippen LogP contribution is 2.28. The number of amides is 1. The van der Waals surface area contributed by atoms with Crippen molar-refractivity contribution in [3.05, 3.63) is 77.5 Å². The predicted molar refractivity (Wildman–Crippen MR) is 138 cm³/mol. The Bertz CT molecular complexity index is 1320. The van der Waals surface area contributed by atoms with Crippen molar-refractivity contribution in [1.82, 2.24) is 24.6 Å². The Morgan fingerprint density at radius 2 is 1.71 bits per heavy atom. The SMILES string of the molecule is COc1ccc(CCN2CCN(C(=O)c3cc(-c4ccccc4)nc4c3c(C)nn4C)CC2)cc1. The molecule has 1 aliphatic heterocycles. The number of rotatable bonds is 6. The molecule has 2 aromatic heterocycles. The molecule has 180 valence electrons. The lowest BCUT2D eigenvalue weighted by atomic mass is 10.0. The maximum Gasteiger partial charge on any atom is 0.254 e. The Morgan fingerprint density at radius 1 is 1.00 bits per heavy atom. The molecular weight excluding hydrogens is 438 g/mol. The summed E-state index contributed by atoms with van der Waals surface area (Å²) in [6.45, 7) is 6.09. The van der Waals surface area contributed by atoms with Gasteiger partial charge >= 0.3 is 0 Å². The number of fused-ring (bicyclic) bond motifs is 1. The lowest BCUT2D eigenvalue weighted by Crippen LogP contribution is -2.49. The van der Waals surface area contributed by atoms with E-state index in [-0.39, 0.29) is 5.91 Å². The Labute approximate surface area is 205 Å². The first-order chi connectivity index (χ1) is 17.0. The highest BCUT2D eigenvalue weighted by molar-refractivity contribution is 6.07. The Balaban J connectivity index is 1.31.